The minimum absolute atomic E-state index is 0.120. The van der Waals surface area contributed by atoms with Crippen LogP contribution in [0.5, 0.6) is 0 Å². The first-order valence-electron chi connectivity index (χ1n) is 7.62. The van der Waals surface area contributed by atoms with E-state index in [-0.39, 0.29) is 16.1 Å². The maximum Gasteiger partial charge on any atom is 0.261 e. The van der Waals surface area contributed by atoms with Gasteiger partial charge in [0.2, 0.25) is 5.91 Å². The van der Waals surface area contributed by atoms with Gasteiger partial charge in [-0.15, -0.1) is 11.8 Å². The van der Waals surface area contributed by atoms with Gasteiger partial charge in [0.25, 0.3) is 10.0 Å². The summed E-state index contributed by atoms with van der Waals surface area (Å²) in [4.78, 5) is 12.8. The van der Waals surface area contributed by atoms with Crippen molar-refractivity contribution in [3.63, 3.8) is 0 Å². The fourth-order valence-electron chi connectivity index (χ4n) is 2.38. The number of carbonyl (C=O) groups excluding carboxylic acids is 1. The maximum atomic E-state index is 12.6. The normalized spacial score (nSPS) is 17.1. The molecule has 24 heavy (non-hydrogen) atoms. The average molecular weight is 362 g/mol. The zero-order valence-electron chi connectivity index (χ0n) is 13.4. The molecule has 0 saturated carbocycles. The molecular weight excluding hydrogens is 344 g/mol. The topological polar surface area (TPSA) is 75.3 Å². The first-order chi connectivity index (χ1) is 11.4. The van der Waals surface area contributed by atoms with Crippen molar-refractivity contribution in [1.29, 1.82) is 0 Å². The molecule has 2 N–H and O–H groups in total. The van der Waals surface area contributed by atoms with E-state index in [9.17, 15) is 13.2 Å². The summed E-state index contributed by atoms with van der Waals surface area (Å²) in [7, 11) is -3.71. The van der Waals surface area contributed by atoms with Crippen LogP contribution in [0.25, 0.3) is 0 Å². The molecular formula is C17H18N2O3S2. The third kappa shape index (κ3) is 3.42. The van der Waals surface area contributed by atoms with Crippen LogP contribution in [0.4, 0.5) is 11.4 Å². The molecule has 1 amide bonds. The molecule has 0 fully saturated rings. The molecule has 3 rings (SSSR count). The van der Waals surface area contributed by atoms with Crippen LogP contribution < -0.4 is 10.0 Å². The van der Waals surface area contributed by atoms with Crippen molar-refractivity contribution >= 4 is 39.1 Å². The molecule has 0 radical (unpaired) electrons. The van der Waals surface area contributed by atoms with Crippen LogP contribution in [-0.4, -0.2) is 19.6 Å². The highest BCUT2D eigenvalue weighted by Crippen LogP contribution is 2.36. The quantitative estimate of drug-likeness (QED) is 0.873. The van der Waals surface area contributed by atoms with Crippen LogP contribution in [0.1, 0.15) is 19.4 Å². The molecule has 2 aromatic carbocycles. The second-order valence-corrected chi connectivity index (χ2v) is 8.63. The van der Waals surface area contributed by atoms with E-state index in [0.717, 1.165) is 16.9 Å². The number of amides is 1. The Hall–Kier alpha value is -1.99. The fraction of sp³-hybridized carbons (Fsp3) is 0.235. The summed E-state index contributed by atoms with van der Waals surface area (Å²) in [6.07, 6.45) is 0.896. The lowest BCUT2D eigenvalue weighted by atomic mass is 10.2. The first-order valence-corrected chi connectivity index (χ1v) is 9.98. The molecule has 5 nitrogen and oxygen atoms in total. The molecule has 126 valence electrons. The van der Waals surface area contributed by atoms with E-state index < -0.39 is 10.0 Å². The number of rotatable bonds is 4. The number of hydrogen-bond acceptors (Lipinski definition) is 4. The number of anilines is 2. The van der Waals surface area contributed by atoms with Crippen LogP contribution in [0.15, 0.2) is 52.3 Å². The highest BCUT2D eigenvalue weighted by atomic mass is 32.2. The van der Waals surface area contributed by atoms with Gasteiger partial charge < -0.3 is 5.32 Å². The van der Waals surface area contributed by atoms with Crippen molar-refractivity contribution in [3.05, 3.63) is 48.0 Å². The molecule has 0 spiro atoms. The average Bonchev–Trinajstić information content (AvgIpc) is 2.56. The van der Waals surface area contributed by atoms with Crippen LogP contribution in [-0.2, 0) is 21.2 Å². The van der Waals surface area contributed by atoms with Gasteiger partial charge in [-0.25, -0.2) is 8.42 Å². The summed E-state index contributed by atoms with van der Waals surface area (Å²) in [5.74, 6) is -0.120. The zero-order chi connectivity index (χ0) is 17.3. The van der Waals surface area contributed by atoms with E-state index in [0.29, 0.717) is 11.4 Å². The first kappa shape index (κ1) is 16.9. The molecule has 2 aromatic rings. The van der Waals surface area contributed by atoms with Crippen LogP contribution in [0, 0.1) is 0 Å². The van der Waals surface area contributed by atoms with Crippen molar-refractivity contribution in [2.24, 2.45) is 0 Å². The largest absolute Gasteiger partial charge is 0.324 e. The minimum atomic E-state index is -3.71. The van der Waals surface area contributed by atoms with E-state index in [4.69, 9.17) is 0 Å². The van der Waals surface area contributed by atoms with E-state index in [1.54, 1.807) is 24.3 Å². The number of fused-ring (bicyclic) bond motifs is 1. The van der Waals surface area contributed by atoms with Crippen molar-refractivity contribution in [3.8, 4) is 0 Å². The number of benzene rings is 2. The lowest BCUT2D eigenvalue weighted by Crippen LogP contribution is -2.26. The Morgan fingerprint density at radius 1 is 1.17 bits per heavy atom. The second kappa shape index (κ2) is 6.49. The van der Waals surface area contributed by atoms with Crippen molar-refractivity contribution in [1.82, 2.24) is 0 Å². The van der Waals surface area contributed by atoms with Crippen LogP contribution in [0.2, 0.25) is 0 Å². The molecule has 0 aliphatic carbocycles. The van der Waals surface area contributed by atoms with Gasteiger partial charge in [0.1, 0.15) is 0 Å². The molecule has 0 unspecified atom stereocenters. The number of aryl methyl sites for hydroxylation is 1. The van der Waals surface area contributed by atoms with Gasteiger partial charge in [-0.1, -0.05) is 19.1 Å². The fourth-order valence-corrected chi connectivity index (χ4v) is 4.39. The Kier molecular flexibility index (Phi) is 4.56. The predicted molar refractivity (Wildman–Crippen MR) is 97.0 cm³/mol. The molecule has 1 heterocycles. The summed E-state index contributed by atoms with van der Waals surface area (Å²) in [5.41, 5.74) is 2.19. The number of thioether (sulfide) groups is 1. The van der Waals surface area contributed by atoms with E-state index >= 15 is 0 Å². The van der Waals surface area contributed by atoms with Crippen molar-refractivity contribution in [2.45, 2.75) is 35.3 Å². The number of carbonyl (C=O) groups is 1. The van der Waals surface area contributed by atoms with Gasteiger partial charge in [0, 0.05) is 10.6 Å². The SMILES string of the molecule is CCc1ccc(NS(=O)(=O)c2ccc3c(c2)NC(=O)[C@@H](C)S3)cc1. The molecule has 0 saturated heterocycles. The van der Waals surface area contributed by atoms with Gasteiger partial charge in [-0.2, -0.15) is 0 Å². The van der Waals surface area contributed by atoms with Gasteiger partial charge in [-0.3, -0.25) is 9.52 Å². The number of sulfonamides is 1. The molecule has 1 aliphatic rings. The molecule has 7 heteroatoms. The smallest absolute Gasteiger partial charge is 0.261 e. The minimum Gasteiger partial charge on any atom is -0.324 e. The third-order valence-corrected chi connectivity index (χ3v) is 6.36. The zero-order valence-corrected chi connectivity index (χ0v) is 15.0. The summed E-state index contributed by atoms with van der Waals surface area (Å²) in [6, 6.07) is 12.0. The Bertz CT molecular complexity index is 877. The van der Waals surface area contributed by atoms with Gasteiger partial charge in [-0.05, 0) is 49.2 Å². The van der Waals surface area contributed by atoms with Crippen LogP contribution in [0.3, 0.4) is 0 Å². The summed E-state index contributed by atoms with van der Waals surface area (Å²) in [5, 5.41) is 2.56. The predicted octanol–water partition coefficient (Wildman–Crippen LogP) is 3.48. The monoisotopic (exact) mass is 362 g/mol. The molecule has 1 aliphatic heterocycles. The Morgan fingerprint density at radius 2 is 1.88 bits per heavy atom. The highest BCUT2D eigenvalue weighted by molar-refractivity contribution is 8.01. The lowest BCUT2D eigenvalue weighted by Gasteiger charge is -2.22. The Morgan fingerprint density at radius 3 is 2.54 bits per heavy atom. The van der Waals surface area contributed by atoms with Gasteiger partial charge in [0.15, 0.2) is 0 Å². The summed E-state index contributed by atoms with van der Waals surface area (Å²) >= 11 is 1.42. The second-order valence-electron chi connectivity index (χ2n) is 5.56. The van der Waals surface area contributed by atoms with E-state index in [1.165, 1.54) is 17.8 Å². The lowest BCUT2D eigenvalue weighted by molar-refractivity contribution is -0.115. The van der Waals surface area contributed by atoms with E-state index in [1.807, 2.05) is 26.0 Å². The Labute approximate surface area is 145 Å². The Balaban J connectivity index is 1.87. The van der Waals surface area contributed by atoms with E-state index in [2.05, 4.69) is 10.0 Å². The third-order valence-electron chi connectivity index (χ3n) is 3.81. The molecule has 0 bridgehead atoms. The summed E-state index contributed by atoms with van der Waals surface area (Å²) < 4.78 is 27.7. The molecule has 1 atom stereocenters. The number of nitrogens with one attached hydrogen (secondary N) is 2. The van der Waals surface area contributed by atoms with Crippen molar-refractivity contribution < 1.29 is 13.2 Å². The summed E-state index contributed by atoms with van der Waals surface area (Å²) in [6.45, 7) is 3.86. The highest BCUT2D eigenvalue weighted by Gasteiger charge is 2.25. The number of hydrogen-bond donors (Lipinski definition) is 2. The molecule has 0 aromatic heterocycles. The van der Waals surface area contributed by atoms with Gasteiger partial charge >= 0.3 is 0 Å². The van der Waals surface area contributed by atoms with Crippen LogP contribution >= 0.6 is 11.8 Å². The standard InChI is InChI=1S/C17H18N2O3S2/c1-3-12-4-6-13(7-5-12)19-24(21,22)14-8-9-16-15(10-14)18-17(20)11(2)23-16/h4-11,19H,3H2,1-2H3,(H,18,20)/t11-/m1/s1. The maximum absolute atomic E-state index is 12.6. The van der Waals surface area contributed by atoms with Crippen molar-refractivity contribution in [2.75, 3.05) is 10.0 Å². The van der Waals surface area contributed by atoms with Gasteiger partial charge in [0.05, 0.1) is 15.8 Å².